The van der Waals surface area contributed by atoms with Crippen LogP contribution in [0.25, 0.3) is 10.8 Å². The summed E-state index contributed by atoms with van der Waals surface area (Å²) in [7, 11) is 0. The van der Waals surface area contributed by atoms with E-state index in [1.807, 2.05) is 0 Å². The second kappa shape index (κ2) is 5.01. The van der Waals surface area contributed by atoms with Crippen molar-refractivity contribution in [3.05, 3.63) is 27.8 Å². The number of phenolic OH excluding ortho intramolecular Hbond substituents is 3. The van der Waals surface area contributed by atoms with Crippen LogP contribution in [0.4, 0.5) is 0 Å². The largest absolute Gasteiger partial charge is 0.504 e. The third-order valence-corrected chi connectivity index (χ3v) is 3.75. The molecule has 1 heterocycles. The van der Waals surface area contributed by atoms with Gasteiger partial charge in [0.05, 0.1) is 17.9 Å². The molecule has 8 nitrogen and oxygen atoms in total. The summed E-state index contributed by atoms with van der Waals surface area (Å²) in [5, 5.41) is 28.9. The minimum atomic E-state index is -1.06. The summed E-state index contributed by atoms with van der Waals surface area (Å²) in [5.41, 5.74) is -0.988. The van der Waals surface area contributed by atoms with Crippen LogP contribution in [0, 0.1) is 0 Å². The Bertz CT molecular complexity index is 908. The molecular formula is C15H12O8. The first-order valence-corrected chi connectivity index (χ1v) is 6.81. The highest BCUT2D eigenvalue weighted by Crippen LogP contribution is 2.47. The first-order chi connectivity index (χ1) is 10.9. The lowest BCUT2D eigenvalue weighted by atomic mass is 9.96. The first-order valence-electron chi connectivity index (χ1n) is 6.81. The normalized spacial score (nSPS) is 16.6. The van der Waals surface area contributed by atoms with Crippen molar-refractivity contribution in [1.29, 1.82) is 0 Å². The molecule has 1 aliphatic carbocycles. The van der Waals surface area contributed by atoms with E-state index in [0.29, 0.717) is 0 Å². The minimum absolute atomic E-state index is 0.0177. The van der Waals surface area contributed by atoms with E-state index in [-0.39, 0.29) is 35.1 Å². The van der Waals surface area contributed by atoms with Gasteiger partial charge in [-0.15, -0.1) is 0 Å². The Labute approximate surface area is 128 Å². The molecule has 0 unspecified atom stereocenters. The van der Waals surface area contributed by atoms with Crippen LogP contribution in [0.15, 0.2) is 15.3 Å². The maximum atomic E-state index is 12.1. The summed E-state index contributed by atoms with van der Waals surface area (Å²) in [4.78, 5) is 36.0. The van der Waals surface area contributed by atoms with Crippen molar-refractivity contribution in [3.63, 3.8) is 0 Å². The number of Topliss-reactive ketones (excluding diaryl/α,β-unsaturated/α-hetero) is 1. The van der Waals surface area contributed by atoms with E-state index in [0.717, 1.165) is 6.07 Å². The van der Waals surface area contributed by atoms with E-state index < -0.39 is 40.5 Å². The average Bonchev–Trinajstić information content (AvgIpc) is 2.82. The Morgan fingerprint density at radius 1 is 1.30 bits per heavy atom. The van der Waals surface area contributed by atoms with Gasteiger partial charge in [0.1, 0.15) is 0 Å². The Kier molecular flexibility index (Phi) is 3.24. The van der Waals surface area contributed by atoms with E-state index in [2.05, 4.69) is 0 Å². The molecule has 0 amide bonds. The second-order valence-electron chi connectivity index (χ2n) is 5.08. The standard InChI is InChI=1S/C15H12O8/c1-2-22-14(20)6-4-8(17)13-10(6)9-5(15(21)23-13)3-7(16)11(18)12(9)19/h3,6,16,18-19H,2,4H2,1H3/t6-/m1/s1. The fourth-order valence-electron chi connectivity index (χ4n) is 2.76. The van der Waals surface area contributed by atoms with Gasteiger partial charge < -0.3 is 24.5 Å². The molecule has 1 aromatic heterocycles. The topological polar surface area (TPSA) is 134 Å². The van der Waals surface area contributed by atoms with Gasteiger partial charge in [0.15, 0.2) is 23.0 Å². The van der Waals surface area contributed by atoms with Crippen LogP contribution in [-0.2, 0) is 9.53 Å². The molecule has 23 heavy (non-hydrogen) atoms. The number of carbonyl (C=O) groups is 2. The summed E-state index contributed by atoms with van der Waals surface area (Å²) >= 11 is 0. The summed E-state index contributed by atoms with van der Waals surface area (Å²) in [6, 6.07) is 0.904. The molecule has 0 saturated heterocycles. The Morgan fingerprint density at radius 3 is 2.65 bits per heavy atom. The highest BCUT2D eigenvalue weighted by molar-refractivity contribution is 6.10. The number of esters is 1. The molecule has 0 radical (unpaired) electrons. The summed E-state index contributed by atoms with van der Waals surface area (Å²) in [6.45, 7) is 1.69. The van der Waals surface area contributed by atoms with Crippen LogP contribution < -0.4 is 5.63 Å². The van der Waals surface area contributed by atoms with Crippen molar-refractivity contribution in [2.45, 2.75) is 19.3 Å². The van der Waals surface area contributed by atoms with E-state index >= 15 is 0 Å². The van der Waals surface area contributed by atoms with Crippen LogP contribution in [0.5, 0.6) is 17.2 Å². The number of carbonyl (C=O) groups excluding carboxylic acids is 2. The van der Waals surface area contributed by atoms with Crippen LogP contribution in [0.3, 0.4) is 0 Å². The van der Waals surface area contributed by atoms with Crippen molar-refractivity contribution in [1.82, 2.24) is 0 Å². The second-order valence-corrected chi connectivity index (χ2v) is 5.08. The fourth-order valence-corrected chi connectivity index (χ4v) is 2.76. The molecule has 2 aromatic rings. The van der Waals surface area contributed by atoms with Gasteiger partial charge in [-0.25, -0.2) is 4.79 Å². The van der Waals surface area contributed by atoms with Crippen molar-refractivity contribution < 1.29 is 34.1 Å². The number of hydrogen-bond donors (Lipinski definition) is 3. The zero-order valence-electron chi connectivity index (χ0n) is 12.0. The van der Waals surface area contributed by atoms with Crippen LogP contribution in [0.1, 0.15) is 35.4 Å². The highest BCUT2D eigenvalue weighted by Gasteiger charge is 2.41. The Hall–Kier alpha value is -3.03. The van der Waals surface area contributed by atoms with E-state index in [1.54, 1.807) is 6.92 Å². The smallest absolute Gasteiger partial charge is 0.344 e. The van der Waals surface area contributed by atoms with Gasteiger partial charge in [0.2, 0.25) is 5.75 Å². The SMILES string of the molecule is CCOC(=O)[C@@H]1CC(=O)c2oc(=O)c3cc(O)c(O)c(O)c3c21. The third-order valence-electron chi connectivity index (χ3n) is 3.75. The van der Waals surface area contributed by atoms with Crippen molar-refractivity contribution in [2.24, 2.45) is 0 Å². The fraction of sp³-hybridized carbons (Fsp3) is 0.267. The molecule has 0 fully saturated rings. The highest BCUT2D eigenvalue weighted by atomic mass is 16.5. The van der Waals surface area contributed by atoms with Crippen molar-refractivity contribution in [2.75, 3.05) is 6.61 Å². The lowest BCUT2D eigenvalue weighted by molar-refractivity contribution is -0.144. The van der Waals surface area contributed by atoms with Gasteiger partial charge in [0, 0.05) is 17.4 Å². The summed E-state index contributed by atoms with van der Waals surface area (Å²) in [6.07, 6.45) is -0.267. The van der Waals surface area contributed by atoms with Crippen LogP contribution in [-0.4, -0.2) is 33.7 Å². The number of hydrogen-bond acceptors (Lipinski definition) is 8. The number of fused-ring (bicyclic) bond motifs is 3. The van der Waals surface area contributed by atoms with Crippen molar-refractivity contribution >= 4 is 22.5 Å². The van der Waals surface area contributed by atoms with Gasteiger partial charge >= 0.3 is 11.6 Å². The van der Waals surface area contributed by atoms with E-state index in [4.69, 9.17) is 9.15 Å². The van der Waals surface area contributed by atoms with E-state index in [9.17, 15) is 29.7 Å². The Balaban J connectivity index is 2.41. The molecule has 0 saturated carbocycles. The zero-order chi connectivity index (χ0) is 16.9. The first kappa shape index (κ1) is 14.9. The summed E-state index contributed by atoms with van der Waals surface area (Å²) in [5.74, 6) is -5.06. The average molecular weight is 320 g/mol. The van der Waals surface area contributed by atoms with Crippen LogP contribution >= 0.6 is 0 Å². The number of rotatable bonds is 2. The van der Waals surface area contributed by atoms with Gasteiger partial charge in [0.25, 0.3) is 0 Å². The molecule has 120 valence electrons. The molecule has 0 aliphatic heterocycles. The van der Waals surface area contributed by atoms with Gasteiger partial charge in [-0.1, -0.05) is 0 Å². The maximum absolute atomic E-state index is 12.1. The van der Waals surface area contributed by atoms with E-state index in [1.165, 1.54) is 0 Å². The molecule has 0 spiro atoms. The predicted octanol–water partition coefficient (Wildman–Crippen LogP) is 1.14. The molecular weight excluding hydrogens is 308 g/mol. The lowest BCUT2D eigenvalue weighted by Gasteiger charge is -2.13. The quantitative estimate of drug-likeness (QED) is 0.554. The Morgan fingerprint density at radius 2 is 2.00 bits per heavy atom. The molecule has 1 aliphatic rings. The van der Waals surface area contributed by atoms with Gasteiger partial charge in [-0.2, -0.15) is 0 Å². The molecule has 1 aromatic carbocycles. The zero-order valence-corrected chi connectivity index (χ0v) is 12.0. The number of ether oxygens (including phenoxy) is 1. The molecule has 0 bridgehead atoms. The van der Waals surface area contributed by atoms with Crippen molar-refractivity contribution in [3.8, 4) is 17.2 Å². The monoisotopic (exact) mass is 320 g/mol. The number of benzene rings is 1. The molecule has 3 N–H and O–H groups in total. The predicted molar refractivity (Wildman–Crippen MR) is 75.8 cm³/mol. The summed E-state index contributed by atoms with van der Waals surface area (Å²) < 4.78 is 9.84. The molecule has 8 heteroatoms. The van der Waals surface area contributed by atoms with Gasteiger partial charge in [-0.3, -0.25) is 9.59 Å². The number of phenols is 3. The third kappa shape index (κ3) is 2.02. The molecule has 1 atom stereocenters. The number of aromatic hydroxyl groups is 3. The van der Waals surface area contributed by atoms with Gasteiger partial charge in [-0.05, 0) is 13.0 Å². The lowest BCUT2D eigenvalue weighted by Crippen LogP contribution is -2.15. The maximum Gasteiger partial charge on any atom is 0.344 e. The number of ketones is 1. The molecule has 3 rings (SSSR count). The van der Waals surface area contributed by atoms with Crippen LogP contribution in [0.2, 0.25) is 0 Å². The minimum Gasteiger partial charge on any atom is -0.504 e.